The molecule has 0 radical (unpaired) electrons. The molecule has 1 aromatic carbocycles. The van der Waals surface area contributed by atoms with Crippen molar-refractivity contribution in [3.8, 4) is 0 Å². The molecule has 3 rings (SSSR count). The van der Waals surface area contributed by atoms with Gasteiger partial charge in [0.15, 0.2) is 0 Å². The van der Waals surface area contributed by atoms with Crippen molar-refractivity contribution in [1.29, 1.82) is 0 Å². The molecule has 1 aromatic heterocycles. The van der Waals surface area contributed by atoms with E-state index < -0.39 is 5.97 Å². The first-order valence-electron chi connectivity index (χ1n) is 8.98. The monoisotopic (exact) mass is 387 g/mol. The van der Waals surface area contributed by atoms with Crippen LogP contribution < -0.4 is 5.32 Å². The number of rotatable bonds is 4. The lowest BCUT2D eigenvalue weighted by Crippen LogP contribution is -2.32. The van der Waals surface area contributed by atoms with E-state index in [4.69, 9.17) is 16.3 Å². The fourth-order valence-electron chi connectivity index (χ4n) is 3.08. The van der Waals surface area contributed by atoms with Crippen molar-refractivity contribution in [3.63, 3.8) is 0 Å². The zero-order valence-electron chi connectivity index (χ0n) is 15.2. The number of nitrogens with zero attached hydrogens (tertiary/aromatic N) is 2. The zero-order chi connectivity index (χ0) is 19.2. The van der Waals surface area contributed by atoms with Crippen LogP contribution in [-0.4, -0.2) is 42.0 Å². The lowest BCUT2D eigenvalue weighted by molar-refractivity contribution is 0.0600. The first kappa shape index (κ1) is 19.2. The van der Waals surface area contributed by atoms with Gasteiger partial charge < -0.3 is 15.0 Å². The molecule has 6 nitrogen and oxygen atoms in total. The quantitative estimate of drug-likeness (QED) is 0.792. The van der Waals surface area contributed by atoms with E-state index in [9.17, 15) is 9.59 Å². The van der Waals surface area contributed by atoms with Crippen molar-refractivity contribution in [1.82, 2.24) is 9.88 Å². The van der Waals surface area contributed by atoms with Crippen LogP contribution in [0.15, 0.2) is 36.5 Å². The largest absolute Gasteiger partial charge is 0.465 e. The van der Waals surface area contributed by atoms with Crippen LogP contribution in [0, 0.1) is 0 Å². The third-order valence-electron chi connectivity index (χ3n) is 4.54. The van der Waals surface area contributed by atoms with Crippen molar-refractivity contribution in [2.75, 3.05) is 25.5 Å². The summed E-state index contributed by atoms with van der Waals surface area (Å²) in [6.07, 6.45) is 5.96. The average molecular weight is 388 g/mol. The van der Waals surface area contributed by atoms with Gasteiger partial charge in [0.05, 0.1) is 23.4 Å². The fraction of sp³-hybridized carbons (Fsp3) is 0.350. The van der Waals surface area contributed by atoms with Crippen molar-refractivity contribution in [2.45, 2.75) is 25.7 Å². The Labute approximate surface area is 163 Å². The summed E-state index contributed by atoms with van der Waals surface area (Å²) in [6, 6.07) is 8.29. The molecule has 142 valence electrons. The second-order valence-electron chi connectivity index (χ2n) is 6.45. The highest BCUT2D eigenvalue weighted by Gasteiger charge is 2.19. The van der Waals surface area contributed by atoms with Crippen molar-refractivity contribution in [3.05, 3.63) is 52.8 Å². The van der Waals surface area contributed by atoms with Crippen LogP contribution in [0.4, 0.5) is 11.4 Å². The summed E-state index contributed by atoms with van der Waals surface area (Å²) in [6.45, 7) is 1.54. The zero-order valence-corrected chi connectivity index (χ0v) is 16.0. The van der Waals surface area contributed by atoms with E-state index >= 15 is 0 Å². The van der Waals surface area contributed by atoms with Gasteiger partial charge in [-0.15, -0.1) is 0 Å². The number of methoxy groups -OCH3 is 1. The number of amides is 1. The SMILES string of the molecule is COC(=O)c1ccc(Cl)c(Nc2ccnc(C(=O)N3CCCCCC3)c2)c1. The first-order chi connectivity index (χ1) is 13.1. The third-order valence-corrected chi connectivity index (χ3v) is 4.87. The first-order valence-corrected chi connectivity index (χ1v) is 9.36. The number of benzene rings is 1. The fourth-order valence-corrected chi connectivity index (χ4v) is 3.25. The summed E-state index contributed by atoms with van der Waals surface area (Å²) >= 11 is 6.23. The molecule has 1 amide bonds. The minimum atomic E-state index is -0.443. The molecule has 0 unspecified atom stereocenters. The van der Waals surface area contributed by atoms with Crippen molar-refractivity contribution < 1.29 is 14.3 Å². The van der Waals surface area contributed by atoms with Gasteiger partial charge in [0.2, 0.25) is 0 Å². The van der Waals surface area contributed by atoms with Crippen LogP contribution >= 0.6 is 11.6 Å². The third kappa shape index (κ3) is 4.77. The van der Waals surface area contributed by atoms with E-state index in [1.807, 2.05) is 4.90 Å². The minimum absolute atomic E-state index is 0.0602. The standard InChI is InChI=1S/C20H22ClN3O3/c1-27-20(26)14-6-7-16(21)17(12-14)23-15-8-9-22-18(13-15)19(25)24-10-4-2-3-5-11-24/h6-9,12-13H,2-5,10-11H2,1H3,(H,22,23). The highest BCUT2D eigenvalue weighted by molar-refractivity contribution is 6.33. The Morgan fingerprint density at radius 1 is 1.11 bits per heavy atom. The highest BCUT2D eigenvalue weighted by atomic mass is 35.5. The molecule has 0 aliphatic carbocycles. The molecule has 2 heterocycles. The van der Waals surface area contributed by atoms with E-state index in [0.717, 1.165) is 38.8 Å². The van der Waals surface area contributed by atoms with Crippen LogP contribution in [0.3, 0.4) is 0 Å². The van der Waals surface area contributed by atoms with Gasteiger partial charge in [0.25, 0.3) is 5.91 Å². The normalized spacial score (nSPS) is 14.4. The second kappa shape index (κ2) is 8.86. The Kier molecular flexibility index (Phi) is 6.29. The number of esters is 1. The van der Waals surface area contributed by atoms with Gasteiger partial charge in [-0.2, -0.15) is 0 Å². The molecular formula is C20H22ClN3O3. The molecule has 1 fully saturated rings. The lowest BCUT2D eigenvalue weighted by atomic mass is 10.2. The molecule has 7 heteroatoms. The van der Waals surface area contributed by atoms with Gasteiger partial charge in [-0.3, -0.25) is 9.78 Å². The number of likely N-dealkylation sites (tertiary alicyclic amines) is 1. The number of anilines is 2. The van der Waals surface area contributed by atoms with E-state index in [1.165, 1.54) is 7.11 Å². The van der Waals surface area contributed by atoms with E-state index in [-0.39, 0.29) is 5.91 Å². The summed E-state index contributed by atoms with van der Waals surface area (Å²) in [7, 11) is 1.33. The van der Waals surface area contributed by atoms with Crippen LogP contribution in [-0.2, 0) is 4.74 Å². The van der Waals surface area contributed by atoms with Crippen LogP contribution in [0.5, 0.6) is 0 Å². The number of carbonyl (C=O) groups excluding carboxylic acids is 2. The summed E-state index contributed by atoms with van der Waals surface area (Å²) in [5.41, 5.74) is 2.01. The summed E-state index contributed by atoms with van der Waals surface area (Å²) in [4.78, 5) is 30.6. The van der Waals surface area contributed by atoms with E-state index in [0.29, 0.717) is 27.7 Å². The summed E-state index contributed by atoms with van der Waals surface area (Å²) in [5, 5.41) is 3.61. The van der Waals surface area contributed by atoms with Gasteiger partial charge in [-0.05, 0) is 43.2 Å². The molecule has 1 aliphatic heterocycles. The Morgan fingerprint density at radius 2 is 1.85 bits per heavy atom. The minimum Gasteiger partial charge on any atom is -0.465 e. The maximum Gasteiger partial charge on any atom is 0.337 e. The Bertz CT molecular complexity index is 833. The predicted molar refractivity (Wildman–Crippen MR) is 105 cm³/mol. The van der Waals surface area contributed by atoms with Gasteiger partial charge in [-0.25, -0.2) is 4.79 Å². The van der Waals surface area contributed by atoms with Crippen molar-refractivity contribution >= 4 is 34.9 Å². The molecule has 0 atom stereocenters. The number of pyridine rings is 1. The lowest BCUT2D eigenvalue weighted by Gasteiger charge is -2.20. The molecule has 0 saturated carbocycles. The van der Waals surface area contributed by atoms with Crippen molar-refractivity contribution in [2.24, 2.45) is 0 Å². The Morgan fingerprint density at radius 3 is 2.56 bits per heavy atom. The molecule has 1 N–H and O–H groups in total. The predicted octanol–water partition coefficient (Wildman–Crippen LogP) is 4.28. The summed E-state index contributed by atoms with van der Waals surface area (Å²) < 4.78 is 4.74. The number of halogens is 1. The average Bonchev–Trinajstić information content (AvgIpc) is 2.98. The Hall–Kier alpha value is -2.60. The molecule has 27 heavy (non-hydrogen) atoms. The molecule has 0 bridgehead atoms. The molecule has 0 spiro atoms. The Balaban J connectivity index is 1.80. The highest BCUT2D eigenvalue weighted by Crippen LogP contribution is 2.27. The number of aromatic nitrogens is 1. The molecular weight excluding hydrogens is 366 g/mol. The number of ether oxygens (including phenoxy) is 1. The van der Waals surface area contributed by atoms with Crippen LogP contribution in [0.2, 0.25) is 5.02 Å². The van der Waals surface area contributed by atoms with Gasteiger partial charge in [0.1, 0.15) is 5.69 Å². The second-order valence-corrected chi connectivity index (χ2v) is 6.85. The van der Waals surface area contributed by atoms with Gasteiger partial charge >= 0.3 is 5.97 Å². The van der Waals surface area contributed by atoms with Crippen LogP contribution in [0.25, 0.3) is 0 Å². The van der Waals surface area contributed by atoms with Gasteiger partial charge in [0, 0.05) is 25.0 Å². The van der Waals surface area contributed by atoms with E-state index in [2.05, 4.69) is 10.3 Å². The maximum absolute atomic E-state index is 12.8. The summed E-state index contributed by atoms with van der Waals surface area (Å²) in [5.74, 6) is -0.503. The molecule has 1 saturated heterocycles. The van der Waals surface area contributed by atoms with Gasteiger partial charge in [-0.1, -0.05) is 24.4 Å². The number of nitrogens with one attached hydrogen (secondary N) is 1. The van der Waals surface area contributed by atoms with E-state index in [1.54, 1.807) is 36.5 Å². The number of hydrogen-bond acceptors (Lipinski definition) is 5. The molecule has 2 aromatic rings. The smallest absolute Gasteiger partial charge is 0.337 e. The number of hydrogen-bond donors (Lipinski definition) is 1. The van der Waals surface area contributed by atoms with Crippen LogP contribution in [0.1, 0.15) is 46.5 Å². The maximum atomic E-state index is 12.8. The topological polar surface area (TPSA) is 71.5 Å². The molecule has 1 aliphatic rings. The number of carbonyl (C=O) groups is 2.